The summed E-state index contributed by atoms with van der Waals surface area (Å²) in [5.41, 5.74) is 1.55. The normalized spacial score (nSPS) is 10.3. The minimum Gasteiger partial charge on any atom is -0.319 e. The summed E-state index contributed by atoms with van der Waals surface area (Å²) in [6.07, 6.45) is 1.45. The third kappa shape index (κ3) is 2.43. The number of halogens is 2. The lowest BCUT2D eigenvalue weighted by atomic mass is 10.2. The predicted molar refractivity (Wildman–Crippen MR) is 67.7 cm³/mol. The molecule has 1 amide bonds. The maximum absolute atomic E-state index is 11.9. The molecule has 0 bridgehead atoms. The van der Waals surface area contributed by atoms with E-state index in [4.69, 9.17) is 23.2 Å². The van der Waals surface area contributed by atoms with Gasteiger partial charge < -0.3 is 5.32 Å². The van der Waals surface area contributed by atoms with E-state index in [2.05, 4.69) is 15.5 Å². The summed E-state index contributed by atoms with van der Waals surface area (Å²) in [4.78, 5) is 11.9. The number of nitrogens with zero attached hydrogens (tertiary/aromatic N) is 1. The summed E-state index contributed by atoms with van der Waals surface area (Å²) in [7, 11) is 0. The molecule has 0 spiro atoms. The monoisotopic (exact) mass is 269 g/mol. The summed E-state index contributed by atoms with van der Waals surface area (Å²) in [6, 6.07) is 5.03. The number of hydrogen-bond donors (Lipinski definition) is 2. The molecule has 2 N–H and O–H groups in total. The van der Waals surface area contributed by atoms with Crippen LogP contribution in [0, 0.1) is 6.92 Å². The highest BCUT2D eigenvalue weighted by atomic mass is 35.5. The summed E-state index contributed by atoms with van der Waals surface area (Å²) in [5.74, 6) is -0.300. The highest BCUT2D eigenvalue weighted by Crippen LogP contribution is 2.30. The van der Waals surface area contributed by atoms with Gasteiger partial charge in [-0.15, -0.1) is 0 Å². The Labute approximate surface area is 108 Å². The van der Waals surface area contributed by atoms with Crippen molar-refractivity contribution in [3.05, 3.63) is 45.7 Å². The molecule has 2 aromatic rings. The number of rotatable bonds is 2. The topological polar surface area (TPSA) is 57.8 Å². The highest BCUT2D eigenvalue weighted by Gasteiger charge is 2.14. The fourth-order valence-corrected chi connectivity index (χ4v) is 1.87. The zero-order valence-corrected chi connectivity index (χ0v) is 10.4. The largest absolute Gasteiger partial charge is 0.319 e. The molecule has 1 heterocycles. The first kappa shape index (κ1) is 12.0. The molecule has 17 heavy (non-hydrogen) atoms. The van der Waals surface area contributed by atoms with Gasteiger partial charge in [-0.3, -0.25) is 9.89 Å². The van der Waals surface area contributed by atoms with E-state index in [0.717, 1.165) is 0 Å². The Morgan fingerprint density at radius 1 is 1.35 bits per heavy atom. The molecule has 0 atom stereocenters. The molecule has 0 aliphatic carbocycles. The molecule has 1 aromatic carbocycles. The van der Waals surface area contributed by atoms with Gasteiger partial charge in [0.25, 0.3) is 5.91 Å². The van der Waals surface area contributed by atoms with Crippen LogP contribution in [-0.2, 0) is 0 Å². The highest BCUT2D eigenvalue weighted by molar-refractivity contribution is 6.40. The van der Waals surface area contributed by atoms with Gasteiger partial charge in [-0.2, -0.15) is 5.10 Å². The van der Waals surface area contributed by atoms with Crippen LogP contribution in [0.2, 0.25) is 10.0 Å². The molecule has 1 aromatic heterocycles. The third-order valence-electron chi connectivity index (χ3n) is 2.28. The molecule has 0 radical (unpaired) electrons. The number of carbonyl (C=O) groups is 1. The Kier molecular flexibility index (Phi) is 3.36. The summed E-state index contributed by atoms with van der Waals surface area (Å²) in [6.45, 7) is 1.76. The Balaban J connectivity index is 2.28. The van der Waals surface area contributed by atoms with Crippen molar-refractivity contribution in [1.29, 1.82) is 0 Å². The second-order valence-corrected chi connectivity index (χ2v) is 4.27. The van der Waals surface area contributed by atoms with Gasteiger partial charge in [-0.25, -0.2) is 0 Å². The molecule has 2 rings (SSSR count). The van der Waals surface area contributed by atoms with Crippen molar-refractivity contribution >= 4 is 34.8 Å². The van der Waals surface area contributed by atoms with Gasteiger partial charge in [0.05, 0.1) is 27.5 Å². The van der Waals surface area contributed by atoms with E-state index in [1.165, 1.54) is 6.20 Å². The van der Waals surface area contributed by atoms with Crippen molar-refractivity contribution in [2.24, 2.45) is 0 Å². The minimum absolute atomic E-state index is 0.300. The zero-order chi connectivity index (χ0) is 12.4. The van der Waals surface area contributed by atoms with Crippen LogP contribution in [0.15, 0.2) is 24.4 Å². The van der Waals surface area contributed by atoms with Crippen molar-refractivity contribution in [3.8, 4) is 0 Å². The molecular weight excluding hydrogens is 261 g/mol. The van der Waals surface area contributed by atoms with E-state index < -0.39 is 0 Å². The molecule has 0 fully saturated rings. The van der Waals surface area contributed by atoms with E-state index in [1.54, 1.807) is 25.1 Å². The van der Waals surface area contributed by atoms with Crippen molar-refractivity contribution in [2.45, 2.75) is 6.92 Å². The molecule has 0 saturated heterocycles. The van der Waals surface area contributed by atoms with Crippen molar-refractivity contribution in [1.82, 2.24) is 10.2 Å². The fraction of sp³-hybridized carbons (Fsp3) is 0.0909. The molecule has 0 aliphatic rings. The molecule has 0 saturated carbocycles. The van der Waals surface area contributed by atoms with E-state index in [0.29, 0.717) is 27.0 Å². The SMILES string of the molecule is Cc1[nH]ncc1C(=O)Nc1c(Cl)cccc1Cl. The average Bonchev–Trinajstić information content (AvgIpc) is 2.70. The Morgan fingerprint density at radius 2 is 2.00 bits per heavy atom. The van der Waals surface area contributed by atoms with Gasteiger partial charge in [0, 0.05) is 5.69 Å². The smallest absolute Gasteiger partial charge is 0.259 e. The van der Waals surface area contributed by atoms with Crippen LogP contribution in [0.25, 0.3) is 0 Å². The number of H-pyrrole nitrogens is 1. The fourth-order valence-electron chi connectivity index (χ4n) is 1.38. The number of nitrogens with one attached hydrogen (secondary N) is 2. The maximum atomic E-state index is 11.9. The predicted octanol–water partition coefficient (Wildman–Crippen LogP) is 3.28. The zero-order valence-electron chi connectivity index (χ0n) is 8.92. The lowest BCUT2D eigenvalue weighted by molar-refractivity contribution is 0.102. The van der Waals surface area contributed by atoms with Crippen LogP contribution < -0.4 is 5.32 Å². The molecule has 0 unspecified atom stereocenters. The van der Waals surface area contributed by atoms with Crippen LogP contribution in [-0.4, -0.2) is 16.1 Å². The van der Waals surface area contributed by atoms with E-state index in [1.807, 2.05) is 0 Å². The number of hydrogen-bond acceptors (Lipinski definition) is 2. The number of carbonyl (C=O) groups excluding carboxylic acids is 1. The van der Waals surface area contributed by atoms with Crippen LogP contribution in [0.1, 0.15) is 16.1 Å². The van der Waals surface area contributed by atoms with Crippen molar-refractivity contribution < 1.29 is 4.79 Å². The summed E-state index contributed by atoms with van der Waals surface area (Å²) in [5, 5.41) is 9.91. The van der Waals surface area contributed by atoms with Gasteiger partial charge in [-0.05, 0) is 19.1 Å². The number of para-hydroxylation sites is 1. The standard InChI is InChI=1S/C11H9Cl2N3O/c1-6-7(5-14-16-6)11(17)15-10-8(12)3-2-4-9(10)13/h2-5H,1H3,(H,14,16)(H,15,17). The summed E-state index contributed by atoms with van der Waals surface area (Å²) < 4.78 is 0. The Hall–Kier alpha value is -1.52. The van der Waals surface area contributed by atoms with Crippen LogP contribution in [0.4, 0.5) is 5.69 Å². The van der Waals surface area contributed by atoms with Crippen molar-refractivity contribution in [3.63, 3.8) is 0 Å². The first-order valence-corrected chi connectivity index (χ1v) is 5.60. The number of amides is 1. The number of benzene rings is 1. The number of anilines is 1. The molecular formula is C11H9Cl2N3O. The van der Waals surface area contributed by atoms with Crippen LogP contribution in [0.5, 0.6) is 0 Å². The molecule has 6 heteroatoms. The molecule has 4 nitrogen and oxygen atoms in total. The Morgan fingerprint density at radius 3 is 2.53 bits per heavy atom. The first-order valence-electron chi connectivity index (χ1n) is 4.85. The van der Waals surface area contributed by atoms with Gasteiger partial charge >= 0.3 is 0 Å². The number of aromatic nitrogens is 2. The average molecular weight is 270 g/mol. The van der Waals surface area contributed by atoms with Gasteiger partial charge in [0.15, 0.2) is 0 Å². The lowest BCUT2D eigenvalue weighted by Crippen LogP contribution is -2.13. The van der Waals surface area contributed by atoms with Gasteiger partial charge in [-0.1, -0.05) is 29.3 Å². The van der Waals surface area contributed by atoms with Crippen LogP contribution in [0.3, 0.4) is 0 Å². The molecule has 88 valence electrons. The van der Waals surface area contributed by atoms with E-state index >= 15 is 0 Å². The lowest BCUT2D eigenvalue weighted by Gasteiger charge is -2.08. The first-order chi connectivity index (χ1) is 8.09. The summed E-state index contributed by atoms with van der Waals surface area (Å²) >= 11 is 11.9. The third-order valence-corrected chi connectivity index (χ3v) is 2.91. The van der Waals surface area contributed by atoms with Gasteiger partial charge in [0.1, 0.15) is 0 Å². The minimum atomic E-state index is -0.300. The maximum Gasteiger partial charge on any atom is 0.259 e. The van der Waals surface area contributed by atoms with Crippen molar-refractivity contribution in [2.75, 3.05) is 5.32 Å². The van der Waals surface area contributed by atoms with Crippen LogP contribution >= 0.6 is 23.2 Å². The Bertz CT molecular complexity index is 545. The number of aryl methyl sites for hydroxylation is 1. The van der Waals surface area contributed by atoms with E-state index in [-0.39, 0.29) is 5.91 Å². The quantitative estimate of drug-likeness (QED) is 0.879. The second kappa shape index (κ2) is 4.77. The molecule has 0 aliphatic heterocycles. The second-order valence-electron chi connectivity index (χ2n) is 3.46. The number of aromatic amines is 1. The van der Waals surface area contributed by atoms with Gasteiger partial charge in [0.2, 0.25) is 0 Å². The van der Waals surface area contributed by atoms with E-state index in [9.17, 15) is 4.79 Å².